The third-order valence-electron chi connectivity index (χ3n) is 9.17. The van der Waals surface area contributed by atoms with Gasteiger partial charge in [-0.2, -0.15) is 0 Å². The van der Waals surface area contributed by atoms with Crippen LogP contribution in [0.15, 0.2) is 48.8 Å². The maximum absolute atomic E-state index is 12.9. The van der Waals surface area contributed by atoms with Crippen molar-refractivity contribution in [1.82, 2.24) is 19.8 Å². The first kappa shape index (κ1) is 34.1. The Labute approximate surface area is 282 Å². The summed E-state index contributed by atoms with van der Waals surface area (Å²) in [5, 5.41) is 2.22. The van der Waals surface area contributed by atoms with Crippen LogP contribution in [-0.2, 0) is 31.8 Å². The van der Waals surface area contributed by atoms with Crippen LogP contribution < -0.4 is 9.47 Å². The highest BCUT2D eigenvalue weighted by Gasteiger charge is 2.30. The summed E-state index contributed by atoms with van der Waals surface area (Å²) >= 11 is 0. The predicted octanol–water partition coefficient (Wildman–Crippen LogP) is 5.56. The van der Waals surface area contributed by atoms with Crippen molar-refractivity contribution >= 4 is 28.0 Å². The molecule has 0 aliphatic carbocycles. The molecule has 2 N–H and O–H groups in total. The fourth-order valence-corrected chi connectivity index (χ4v) is 6.56. The number of fused-ring (bicyclic) bond motifs is 2. The molecule has 0 amide bonds. The number of ether oxygens (including phenoxy) is 6. The number of nitrogens with zero attached hydrogens (tertiary/aromatic N) is 2. The fraction of sp³-hybridized carbons (Fsp3) is 0.541. The number of carbonyl (C=O) groups is 1. The Balaban J connectivity index is 0.966. The molecule has 2 aromatic heterocycles. The van der Waals surface area contributed by atoms with Crippen LogP contribution in [0, 0.1) is 0 Å². The lowest BCUT2D eigenvalue weighted by Gasteiger charge is -2.31. The molecule has 2 aromatic carbocycles. The molecular weight excluding hydrogens is 612 g/mol. The van der Waals surface area contributed by atoms with Gasteiger partial charge in [0.1, 0.15) is 36.9 Å². The lowest BCUT2D eigenvalue weighted by atomic mass is 10.1. The molecule has 4 unspecified atom stereocenters. The fourth-order valence-electron chi connectivity index (χ4n) is 6.56. The second kappa shape index (κ2) is 16.1. The van der Waals surface area contributed by atoms with Crippen LogP contribution in [0.4, 0.5) is 4.79 Å². The lowest BCUT2D eigenvalue weighted by Crippen LogP contribution is -2.38. The molecule has 2 aliphatic heterocycles. The van der Waals surface area contributed by atoms with Crippen LogP contribution in [0.1, 0.15) is 36.8 Å². The molecule has 0 saturated carbocycles. The standard InChI is InChI=1S/C37H50N4O7/c1-40(2)15-11-25-21-38-31-7-5-9-33(35(25)31)45-23-29-19-27(13-17-43-29)47-37(42)48-28-14-18-44-30(20-28)24-46-34-10-6-8-32-36(34)26(22-39-32)12-16-41(3)4/h5-10,21-22,27-30,38-39H,11-20,23-24H2,1-4H3. The number of aromatic nitrogens is 2. The molecule has 2 saturated heterocycles. The van der Waals surface area contributed by atoms with Crippen LogP contribution in [-0.4, -0.2) is 118 Å². The Bertz CT molecular complexity index is 1510. The van der Waals surface area contributed by atoms with Crippen LogP contribution in [0.25, 0.3) is 21.8 Å². The van der Waals surface area contributed by atoms with Gasteiger partial charge in [-0.05, 0) is 76.4 Å². The van der Waals surface area contributed by atoms with E-state index in [2.05, 4.69) is 72.5 Å². The molecule has 260 valence electrons. The Morgan fingerprint density at radius 1 is 0.729 bits per heavy atom. The molecule has 4 heterocycles. The molecule has 0 radical (unpaired) electrons. The lowest BCUT2D eigenvalue weighted by molar-refractivity contribution is -0.0995. The van der Waals surface area contributed by atoms with Gasteiger partial charge < -0.3 is 48.2 Å². The van der Waals surface area contributed by atoms with Crippen molar-refractivity contribution in [2.45, 2.75) is 62.9 Å². The third-order valence-corrected chi connectivity index (χ3v) is 9.17. The first-order valence-corrected chi connectivity index (χ1v) is 17.2. The Morgan fingerprint density at radius 2 is 1.19 bits per heavy atom. The molecule has 4 aromatic rings. The molecule has 11 nitrogen and oxygen atoms in total. The number of hydrogen-bond acceptors (Lipinski definition) is 9. The zero-order valence-corrected chi connectivity index (χ0v) is 28.7. The largest absolute Gasteiger partial charge is 0.508 e. The Morgan fingerprint density at radius 3 is 1.62 bits per heavy atom. The maximum atomic E-state index is 12.9. The van der Waals surface area contributed by atoms with E-state index in [1.807, 2.05) is 24.3 Å². The van der Waals surface area contributed by atoms with E-state index in [1.54, 1.807) is 0 Å². The number of rotatable bonds is 14. The zero-order chi connectivity index (χ0) is 33.5. The van der Waals surface area contributed by atoms with Crippen LogP contribution in [0.5, 0.6) is 11.5 Å². The predicted molar refractivity (Wildman–Crippen MR) is 185 cm³/mol. The Kier molecular flexibility index (Phi) is 11.4. The molecule has 48 heavy (non-hydrogen) atoms. The van der Waals surface area contributed by atoms with Crippen molar-refractivity contribution in [2.24, 2.45) is 0 Å². The molecule has 4 atom stereocenters. The van der Waals surface area contributed by atoms with E-state index >= 15 is 0 Å². The highest BCUT2D eigenvalue weighted by Crippen LogP contribution is 2.32. The van der Waals surface area contributed by atoms with Gasteiger partial charge in [0.25, 0.3) is 0 Å². The van der Waals surface area contributed by atoms with Gasteiger partial charge >= 0.3 is 6.16 Å². The molecule has 6 rings (SSSR count). The summed E-state index contributed by atoms with van der Waals surface area (Å²) in [5.41, 5.74) is 4.57. The quantitative estimate of drug-likeness (QED) is 0.168. The minimum Gasteiger partial charge on any atom is -0.490 e. The van der Waals surface area contributed by atoms with Gasteiger partial charge in [0.15, 0.2) is 0 Å². The van der Waals surface area contributed by atoms with Gasteiger partial charge in [-0.3, -0.25) is 0 Å². The molecule has 11 heteroatoms. The third kappa shape index (κ3) is 8.82. The van der Waals surface area contributed by atoms with Crippen LogP contribution in [0.3, 0.4) is 0 Å². The van der Waals surface area contributed by atoms with Gasteiger partial charge in [0.2, 0.25) is 0 Å². The summed E-state index contributed by atoms with van der Waals surface area (Å²) in [6, 6.07) is 12.1. The van der Waals surface area contributed by atoms with E-state index in [9.17, 15) is 4.79 Å². The summed E-state index contributed by atoms with van der Waals surface area (Å²) in [5.74, 6) is 1.67. The zero-order valence-electron chi connectivity index (χ0n) is 28.7. The highest BCUT2D eigenvalue weighted by molar-refractivity contribution is 5.90. The number of hydrogen-bond donors (Lipinski definition) is 2. The van der Waals surface area contributed by atoms with E-state index in [-0.39, 0.29) is 24.4 Å². The summed E-state index contributed by atoms with van der Waals surface area (Å²) in [6.45, 7) is 3.65. The molecule has 0 spiro atoms. The van der Waals surface area contributed by atoms with Gasteiger partial charge in [-0.1, -0.05) is 12.1 Å². The number of nitrogens with one attached hydrogen (secondary N) is 2. The van der Waals surface area contributed by atoms with E-state index in [0.29, 0.717) is 52.1 Å². The van der Waals surface area contributed by atoms with E-state index in [1.165, 1.54) is 11.1 Å². The number of benzene rings is 2. The first-order valence-electron chi connectivity index (χ1n) is 17.2. The van der Waals surface area contributed by atoms with E-state index < -0.39 is 6.16 Å². The molecular formula is C37H50N4O7. The SMILES string of the molecule is CN(C)CCc1c[nH]c2cccc(OCC3CC(OC(=O)OC4CCOC(COc5cccc6[nH]cc(CCN(C)C)c56)C4)CCO3)c12. The van der Waals surface area contributed by atoms with Crippen molar-refractivity contribution in [1.29, 1.82) is 0 Å². The average molecular weight is 663 g/mol. The van der Waals surface area contributed by atoms with Gasteiger partial charge in [0.05, 0.1) is 25.4 Å². The molecule has 2 fully saturated rings. The van der Waals surface area contributed by atoms with Crippen molar-refractivity contribution in [3.63, 3.8) is 0 Å². The van der Waals surface area contributed by atoms with E-state index in [4.69, 9.17) is 28.4 Å². The minimum absolute atomic E-state index is 0.187. The van der Waals surface area contributed by atoms with Crippen molar-refractivity contribution in [3.05, 3.63) is 59.9 Å². The topological polar surface area (TPSA) is 111 Å². The molecule has 0 bridgehead atoms. The number of aromatic amines is 2. The smallest absolute Gasteiger partial charge is 0.490 e. The van der Waals surface area contributed by atoms with Crippen molar-refractivity contribution < 1.29 is 33.2 Å². The summed E-state index contributed by atoms with van der Waals surface area (Å²) in [6.07, 6.45) is 6.74. The number of carbonyl (C=O) groups excluding carboxylic acids is 1. The summed E-state index contributed by atoms with van der Waals surface area (Å²) in [7, 11) is 8.30. The normalized spacial score (nSPS) is 21.6. The van der Waals surface area contributed by atoms with Crippen molar-refractivity contribution in [2.75, 3.05) is 67.7 Å². The monoisotopic (exact) mass is 662 g/mol. The minimum atomic E-state index is -0.640. The van der Waals surface area contributed by atoms with Gasteiger partial charge in [0, 0.05) is 73.0 Å². The second-order valence-electron chi connectivity index (χ2n) is 13.5. The van der Waals surface area contributed by atoms with Crippen molar-refractivity contribution in [3.8, 4) is 11.5 Å². The first-order chi connectivity index (χ1) is 23.3. The van der Waals surface area contributed by atoms with Crippen LogP contribution in [0.2, 0.25) is 0 Å². The average Bonchev–Trinajstić information content (AvgIpc) is 3.69. The number of H-pyrrole nitrogens is 2. The Hall–Kier alpha value is -3.77. The summed E-state index contributed by atoms with van der Waals surface area (Å²) < 4.78 is 36.1. The van der Waals surface area contributed by atoms with Gasteiger partial charge in [-0.25, -0.2) is 4.79 Å². The van der Waals surface area contributed by atoms with Crippen LogP contribution >= 0.6 is 0 Å². The molecule has 2 aliphatic rings. The van der Waals surface area contributed by atoms with Gasteiger partial charge in [-0.15, -0.1) is 0 Å². The van der Waals surface area contributed by atoms with E-state index in [0.717, 1.165) is 59.2 Å². The highest BCUT2D eigenvalue weighted by atomic mass is 16.7. The number of likely N-dealkylation sites (N-methyl/N-ethyl adjacent to an activating group) is 2. The second-order valence-corrected chi connectivity index (χ2v) is 13.5. The maximum Gasteiger partial charge on any atom is 0.508 e. The summed E-state index contributed by atoms with van der Waals surface area (Å²) in [4.78, 5) is 24.0.